The summed E-state index contributed by atoms with van der Waals surface area (Å²) in [4.78, 5) is 17.3. The van der Waals surface area contributed by atoms with E-state index in [1.807, 2.05) is 12.2 Å². The molecule has 6 heteroatoms. The molecule has 0 amide bonds. The van der Waals surface area contributed by atoms with Gasteiger partial charge in [-0.15, -0.1) is 0 Å². The van der Waals surface area contributed by atoms with Gasteiger partial charge in [-0.2, -0.15) is 13.2 Å². The summed E-state index contributed by atoms with van der Waals surface area (Å²) in [5, 5.41) is 0. The smallest absolute Gasteiger partial charge is 0.299 e. The lowest BCUT2D eigenvalue weighted by Crippen LogP contribution is -2.26. The normalized spacial score (nSPS) is 23.5. The second kappa shape index (κ2) is 9.16. The predicted octanol–water partition coefficient (Wildman–Crippen LogP) is 7.27. The van der Waals surface area contributed by atoms with Crippen molar-refractivity contribution < 1.29 is 22.4 Å². The zero-order valence-corrected chi connectivity index (χ0v) is 18.1. The predicted molar refractivity (Wildman–Crippen MR) is 116 cm³/mol. The number of hydrogen-bond acceptors (Lipinski definition) is 2. The summed E-state index contributed by atoms with van der Waals surface area (Å²) in [6.07, 6.45) is 6.88. The molecule has 1 aromatic heterocycles. The molecule has 2 aromatic rings. The summed E-state index contributed by atoms with van der Waals surface area (Å²) in [5.41, 5.74) is 0.520. The molecule has 32 heavy (non-hydrogen) atoms. The number of rotatable bonds is 4. The summed E-state index contributed by atoms with van der Waals surface area (Å²) in [6, 6.07) is 5.01. The van der Waals surface area contributed by atoms with Crippen molar-refractivity contribution in [3.05, 3.63) is 59.2 Å². The fourth-order valence-corrected chi connectivity index (χ4v) is 5.03. The van der Waals surface area contributed by atoms with E-state index < -0.39 is 17.6 Å². The van der Waals surface area contributed by atoms with E-state index in [2.05, 4.69) is 11.9 Å². The van der Waals surface area contributed by atoms with E-state index in [1.165, 1.54) is 24.8 Å². The van der Waals surface area contributed by atoms with Crippen LogP contribution in [0, 0.1) is 23.6 Å². The molecule has 0 bridgehead atoms. The molecule has 0 radical (unpaired) electrons. The number of pyridine rings is 1. The van der Waals surface area contributed by atoms with Crippen LogP contribution in [0.4, 0.5) is 17.6 Å². The van der Waals surface area contributed by atoms with Crippen molar-refractivity contribution in [2.45, 2.75) is 58.0 Å². The average molecular weight is 446 g/mol. The van der Waals surface area contributed by atoms with Crippen molar-refractivity contribution in [1.82, 2.24) is 4.98 Å². The number of carbonyl (C=O) groups excluding carboxylic acids is 1. The molecule has 4 rings (SSSR count). The Balaban J connectivity index is 1.50. The number of benzene rings is 1. The maximum Gasteiger partial charge on any atom is 0.419 e. The Labute approximate surface area is 185 Å². The number of ketones is 1. The molecule has 0 N–H and O–H groups in total. The number of nitrogens with zero attached hydrogens (tertiary/aromatic N) is 1. The molecule has 1 aromatic carbocycles. The van der Waals surface area contributed by atoms with E-state index >= 15 is 0 Å². The van der Waals surface area contributed by atoms with E-state index in [4.69, 9.17) is 0 Å². The van der Waals surface area contributed by atoms with Crippen LogP contribution in [0.2, 0.25) is 0 Å². The molecular weight excluding hydrogens is 418 g/mol. The van der Waals surface area contributed by atoms with E-state index in [-0.39, 0.29) is 17.4 Å². The minimum atomic E-state index is -4.75. The zero-order chi connectivity index (χ0) is 22.9. The first-order valence-corrected chi connectivity index (χ1v) is 11.3. The SMILES string of the molecule is CC1CCCCC1C(=O)CC1C=Cc2ncc(-c3cccc(C(F)(F)F)c3F)cc2CC1. The van der Waals surface area contributed by atoms with Crippen LogP contribution in [0.15, 0.2) is 36.5 Å². The van der Waals surface area contributed by atoms with E-state index in [9.17, 15) is 22.4 Å². The highest BCUT2D eigenvalue weighted by atomic mass is 19.4. The first-order chi connectivity index (χ1) is 15.2. The fraction of sp³-hybridized carbons (Fsp3) is 0.462. The van der Waals surface area contributed by atoms with Gasteiger partial charge < -0.3 is 0 Å². The number of carbonyl (C=O) groups is 1. The summed E-state index contributed by atoms with van der Waals surface area (Å²) >= 11 is 0. The van der Waals surface area contributed by atoms with Crippen molar-refractivity contribution in [2.24, 2.45) is 17.8 Å². The van der Waals surface area contributed by atoms with Crippen LogP contribution in [0.1, 0.15) is 62.3 Å². The molecule has 2 nitrogen and oxygen atoms in total. The van der Waals surface area contributed by atoms with Gasteiger partial charge in [0.25, 0.3) is 0 Å². The number of aryl methyl sites for hydroxylation is 1. The van der Waals surface area contributed by atoms with Crippen molar-refractivity contribution >= 4 is 11.9 Å². The van der Waals surface area contributed by atoms with Crippen molar-refractivity contribution in [3.8, 4) is 11.1 Å². The third-order valence-electron chi connectivity index (χ3n) is 6.92. The molecule has 1 saturated carbocycles. The molecule has 1 heterocycles. The molecule has 0 aliphatic heterocycles. The number of Topliss-reactive ketones (excluding diaryl/α,β-unsaturated/α-hetero) is 1. The maximum atomic E-state index is 14.6. The van der Waals surface area contributed by atoms with Crippen LogP contribution in [-0.4, -0.2) is 10.8 Å². The second-order valence-corrected chi connectivity index (χ2v) is 9.13. The van der Waals surface area contributed by atoms with Crippen molar-refractivity contribution in [2.75, 3.05) is 0 Å². The van der Waals surface area contributed by atoms with E-state index in [1.54, 1.807) is 6.07 Å². The molecule has 0 spiro atoms. The number of fused-ring (bicyclic) bond motifs is 1. The van der Waals surface area contributed by atoms with Gasteiger partial charge in [0.05, 0.1) is 11.3 Å². The third kappa shape index (κ3) is 4.79. The van der Waals surface area contributed by atoms with Crippen LogP contribution in [-0.2, 0) is 17.4 Å². The van der Waals surface area contributed by atoms with Gasteiger partial charge in [0.1, 0.15) is 11.6 Å². The van der Waals surface area contributed by atoms with Crippen LogP contribution in [0.3, 0.4) is 0 Å². The van der Waals surface area contributed by atoms with Gasteiger partial charge in [0.15, 0.2) is 0 Å². The zero-order valence-electron chi connectivity index (χ0n) is 18.1. The summed E-state index contributed by atoms with van der Waals surface area (Å²) in [5.74, 6) is -0.251. The quantitative estimate of drug-likeness (QED) is 0.463. The Morgan fingerprint density at radius 1 is 1.16 bits per heavy atom. The van der Waals surface area contributed by atoms with Crippen molar-refractivity contribution in [1.29, 1.82) is 0 Å². The van der Waals surface area contributed by atoms with Gasteiger partial charge in [0.2, 0.25) is 0 Å². The Hall–Kier alpha value is -2.50. The number of allylic oxidation sites excluding steroid dienone is 1. The summed E-state index contributed by atoms with van der Waals surface area (Å²) < 4.78 is 53.8. The number of hydrogen-bond donors (Lipinski definition) is 0. The Kier molecular flexibility index (Phi) is 6.50. The average Bonchev–Trinajstić information content (AvgIpc) is 2.95. The van der Waals surface area contributed by atoms with Gasteiger partial charge in [-0.1, -0.05) is 44.4 Å². The molecule has 2 aliphatic rings. The molecule has 3 unspecified atom stereocenters. The molecule has 3 atom stereocenters. The third-order valence-corrected chi connectivity index (χ3v) is 6.92. The first kappa shape index (κ1) is 22.7. The Morgan fingerprint density at radius 2 is 1.94 bits per heavy atom. The lowest BCUT2D eigenvalue weighted by molar-refractivity contribution is -0.139. The number of aromatic nitrogens is 1. The monoisotopic (exact) mass is 445 g/mol. The largest absolute Gasteiger partial charge is 0.419 e. The lowest BCUT2D eigenvalue weighted by Gasteiger charge is -2.28. The lowest BCUT2D eigenvalue weighted by atomic mass is 9.76. The van der Waals surface area contributed by atoms with E-state index in [0.717, 1.165) is 43.0 Å². The van der Waals surface area contributed by atoms with Crippen LogP contribution in [0.25, 0.3) is 17.2 Å². The minimum Gasteiger partial charge on any atom is -0.299 e. The molecule has 0 saturated heterocycles. The highest BCUT2D eigenvalue weighted by Gasteiger charge is 2.35. The van der Waals surface area contributed by atoms with Gasteiger partial charge in [-0.25, -0.2) is 4.39 Å². The summed E-state index contributed by atoms with van der Waals surface area (Å²) in [7, 11) is 0. The Bertz CT molecular complexity index is 1030. The van der Waals surface area contributed by atoms with E-state index in [0.29, 0.717) is 30.1 Å². The van der Waals surface area contributed by atoms with Gasteiger partial charge >= 0.3 is 6.18 Å². The number of halogens is 4. The summed E-state index contributed by atoms with van der Waals surface area (Å²) in [6.45, 7) is 2.17. The standard InChI is InChI=1S/C26H27F4NO/c1-16-5-2-3-6-20(16)24(32)13-17-9-11-18-14-19(15-31-23(18)12-10-17)21-7-4-8-22(25(21)27)26(28,29)30/h4,7-8,10,12,14-17,20H,2-3,5-6,9,11,13H2,1H3. The molecular formula is C26H27F4NO. The van der Waals surface area contributed by atoms with Gasteiger partial charge in [-0.05, 0) is 54.9 Å². The Morgan fingerprint density at radius 3 is 2.69 bits per heavy atom. The highest BCUT2D eigenvalue weighted by Crippen LogP contribution is 2.37. The minimum absolute atomic E-state index is 0.110. The maximum absolute atomic E-state index is 14.6. The number of alkyl halides is 3. The fourth-order valence-electron chi connectivity index (χ4n) is 5.03. The molecule has 1 fully saturated rings. The second-order valence-electron chi connectivity index (χ2n) is 9.13. The van der Waals surface area contributed by atoms with Crippen LogP contribution in [0.5, 0.6) is 0 Å². The highest BCUT2D eigenvalue weighted by molar-refractivity contribution is 5.82. The topological polar surface area (TPSA) is 30.0 Å². The van der Waals surface area contributed by atoms with Gasteiger partial charge in [-0.3, -0.25) is 9.78 Å². The first-order valence-electron chi connectivity index (χ1n) is 11.3. The van der Waals surface area contributed by atoms with Crippen LogP contribution >= 0.6 is 0 Å². The molecule has 2 aliphatic carbocycles. The van der Waals surface area contributed by atoms with Crippen molar-refractivity contribution in [3.63, 3.8) is 0 Å². The van der Waals surface area contributed by atoms with Gasteiger partial charge in [0, 0.05) is 29.7 Å². The van der Waals surface area contributed by atoms with Crippen LogP contribution < -0.4 is 0 Å². The molecule has 170 valence electrons.